The maximum Gasteiger partial charge on any atom is 0.243 e. The molecule has 0 bridgehead atoms. The van der Waals surface area contributed by atoms with Gasteiger partial charge in [-0.2, -0.15) is 0 Å². The van der Waals surface area contributed by atoms with Crippen molar-refractivity contribution in [3.05, 3.63) is 0 Å². The first-order valence-corrected chi connectivity index (χ1v) is 6.68. The normalized spacial score (nSPS) is 33.3. The monoisotopic (exact) mass is 240 g/mol. The SMILES string of the molecule is CCC1COC(C)CN1C(=O)C(C)(N)C1CC1. The smallest absolute Gasteiger partial charge is 0.243 e. The molecule has 0 aromatic rings. The minimum Gasteiger partial charge on any atom is -0.375 e. The molecule has 3 unspecified atom stereocenters. The van der Waals surface area contributed by atoms with Gasteiger partial charge in [0.25, 0.3) is 0 Å². The lowest BCUT2D eigenvalue weighted by Crippen LogP contribution is -2.61. The minimum atomic E-state index is -0.676. The number of carbonyl (C=O) groups excluding carboxylic acids is 1. The van der Waals surface area contributed by atoms with Crippen molar-refractivity contribution in [2.45, 2.75) is 57.7 Å². The molecule has 1 amide bonds. The van der Waals surface area contributed by atoms with Crippen LogP contribution in [0.4, 0.5) is 0 Å². The Kier molecular flexibility index (Phi) is 3.46. The highest BCUT2D eigenvalue weighted by Gasteiger charge is 2.47. The van der Waals surface area contributed by atoms with Crippen molar-refractivity contribution in [2.75, 3.05) is 13.2 Å². The predicted octanol–water partition coefficient (Wildman–Crippen LogP) is 1.14. The van der Waals surface area contributed by atoms with Gasteiger partial charge in [-0.05, 0) is 39.0 Å². The van der Waals surface area contributed by atoms with Crippen LogP contribution in [0, 0.1) is 5.92 Å². The molecule has 1 saturated heterocycles. The standard InChI is InChI=1S/C13H24N2O2/c1-4-11-8-17-9(2)7-15(11)12(16)13(3,14)10-5-6-10/h9-11H,4-8,14H2,1-3H3. The average Bonchev–Trinajstić information content (AvgIpc) is 3.12. The summed E-state index contributed by atoms with van der Waals surface area (Å²) < 4.78 is 5.62. The van der Waals surface area contributed by atoms with Gasteiger partial charge in [0.15, 0.2) is 0 Å². The Bertz CT molecular complexity index is 300. The fraction of sp³-hybridized carbons (Fsp3) is 0.923. The maximum atomic E-state index is 12.6. The third-order valence-electron chi connectivity index (χ3n) is 4.09. The molecule has 2 fully saturated rings. The van der Waals surface area contributed by atoms with Gasteiger partial charge in [-0.15, -0.1) is 0 Å². The van der Waals surface area contributed by atoms with Crippen molar-refractivity contribution in [2.24, 2.45) is 11.7 Å². The molecule has 2 N–H and O–H groups in total. The summed E-state index contributed by atoms with van der Waals surface area (Å²) in [5, 5.41) is 0. The number of nitrogens with two attached hydrogens (primary N) is 1. The molecule has 1 aliphatic carbocycles. The third kappa shape index (κ3) is 2.47. The number of carbonyl (C=O) groups is 1. The van der Waals surface area contributed by atoms with Gasteiger partial charge in [-0.25, -0.2) is 0 Å². The summed E-state index contributed by atoms with van der Waals surface area (Å²) in [6.07, 6.45) is 3.24. The molecule has 2 aliphatic rings. The summed E-state index contributed by atoms with van der Waals surface area (Å²) in [5.41, 5.74) is 5.55. The van der Waals surface area contributed by atoms with Crippen LogP contribution in [0.3, 0.4) is 0 Å². The molecule has 17 heavy (non-hydrogen) atoms. The zero-order valence-corrected chi connectivity index (χ0v) is 11.1. The van der Waals surface area contributed by atoms with Crippen LogP contribution in [-0.4, -0.2) is 41.6 Å². The zero-order chi connectivity index (χ0) is 12.6. The van der Waals surface area contributed by atoms with E-state index in [1.807, 2.05) is 18.7 Å². The quantitative estimate of drug-likeness (QED) is 0.805. The lowest BCUT2D eigenvalue weighted by atomic mass is 9.93. The van der Waals surface area contributed by atoms with Crippen molar-refractivity contribution in [1.82, 2.24) is 4.90 Å². The molecular formula is C13H24N2O2. The van der Waals surface area contributed by atoms with Crippen molar-refractivity contribution in [3.8, 4) is 0 Å². The number of hydrogen-bond acceptors (Lipinski definition) is 3. The van der Waals surface area contributed by atoms with Crippen LogP contribution in [0.2, 0.25) is 0 Å². The zero-order valence-electron chi connectivity index (χ0n) is 11.1. The van der Waals surface area contributed by atoms with E-state index in [-0.39, 0.29) is 18.1 Å². The van der Waals surface area contributed by atoms with Gasteiger partial charge in [0.1, 0.15) is 0 Å². The van der Waals surface area contributed by atoms with E-state index >= 15 is 0 Å². The van der Waals surface area contributed by atoms with Crippen LogP contribution >= 0.6 is 0 Å². The van der Waals surface area contributed by atoms with E-state index < -0.39 is 5.54 Å². The summed E-state index contributed by atoms with van der Waals surface area (Å²) >= 11 is 0. The molecule has 4 heteroatoms. The van der Waals surface area contributed by atoms with Crippen molar-refractivity contribution >= 4 is 5.91 Å². The van der Waals surface area contributed by atoms with Crippen LogP contribution < -0.4 is 5.73 Å². The first kappa shape index (κ1) is 12.8. The Morgan fingerprint density at radius 3 is 2.71 bits per heavy atom. The van der Waals surface area contributed by atoms with Gasteiger partial charge >= 0.3 is 0 Å². The number of rotatable bonds is 3. The molecule has 1 aliphatic heterocycles. The number of ether oxygens (including phenoxy) is 1. The van der Waals surface area contributed by atoms with Gasteiger partial charge in [0, 0.05) is 6.54 Å². The first-order valence-electron chi connectivity index (χ1n) is 6.68. The van der Waals surface area contributed by atoms with Gasteiger partial charge in [0.2, 0.25) is 5.91 Å². The van der Waals surface area contributed by atoms with E-state index in [0.717, 1.165) is 19.3 Å². The Morgan fingerprint density at radius 1 is 1.53 bits per heavy atom. The fourth-order valence-electron chi connectivity index (χ4n) is 2.60. The number of nitrogens with zero attached hydrogens (tertiary/aromatic N) is 1. The molecule has 0 radical (unpaired) electrons. The lowest BCUT2D eigenvalue weighted by molar-refractivity contribution is -0.150. The molecule has 0 spiro atoms. The van der Waals surface area contributed by atoms with E-state index in [2.05, 4.69) is 6.92 Å². The first-order chi connectivity index (χ1) is 7.96. The number of hydrogen-bond donors (Lipinski definition) is 1. The van der Waals surface area contributed by atoms with Crippen LogP contribution in [0.15, 0.2) is 0 Å². The van der Waals surface area contributed by atoms with E-state index in [4.69, 9.17) is 10.5 Å². The van der Waals surface area contributed by atoms with Crippen molar-refractivity contribution in [1.29, 1.82) is 0 Å². The molecule has 0 aromatic heterocycles. The van der Waals surface area contributed by atoms with E-state index in [0.29, 0.717) is 19.1 Å². The second-order valence-electron chi connectivity index (χ2n) is 5.72. The van der Waals surface area contributed by atoms with Crippen molar-refractivity contribution in [3.63, 3.8) is 0 Å². The second-order valence-corrected chi connectivity index (χ2v) is 5.72. The summed E-state index contributed by atoms with van der Waals surface area (Å²) in [7, 11) is 0. The summed E-state index contributed by atoms with van der Waals surface area (Å²) in [6, 6.07) is 0.195. The molecule has 0 aromatic carbocycles. The maximum absolute atomic E-state index is 12.6. The minimum absolute atomic E-state index is 0.113. The Morgan fingerprint density at radius 2 is 2.18 bits per heavy atom. The molecule has 3 atom stereocenters. The van der Waals surface area contributed by atoms with Crippen LogP contribution in [0.1, 0.15) is 40.0 Å². The second kappa shape index (κ2) is 4.58. The molecule has 1 saturated carbocycles. The van der Waals surface area contributed by atoms with Crippen molar-refractivity contribution < 1.29 is 9.53 Å². The topological polar surface area (TPSA) is 55.6 Å². The van der Waals surface area contributed by atoms with Gasteiger partial charge in [0.05, 0.1) is 24.3 Å². The molecule has 2 rings (SSSR count). The van der Waals surface area contributed by atoms with Gasteiger partial charge in [-0.3, -0.25) is 4.79 Å². The number of amides is 1. The largest absolute Gasteiger partial charge is 0.375 e. The summed E-state index contributed by atoms with van der Waals surface area (Å²) in [4.78, 5) is 14.5. The van der Waals surface area contributed by atoms with E-state index in [1.54, 1.807) is 0 Å². The van der Waals surface area contributed by atoms with Crippen LogP contribution in [-0.2, 0) is 9.53 Å². The van der Waals surface area contributed by atoms with Crippen LogP contribution in [0.5, 0.6) is 0 Å². The fourth-order valence-corrected chi connectivity index (χ4v) is 2.60. The Hall–Kier alpha value is -0.610. The highest BCUT2D eigenvalue weighted by atomic mass is 16.5. The van der Waals surface area contributed by atoms with E-state index in [1.165, 1.54) is 0 Å². The lowest BCUT2D eigenvalue weighted by Gasteiger charge is -2.42. The highest BCUT2D eigenvalue weighted by molar-refractivity contribution is 5.87. The third-order valence-corrected chi connectivity index (χ3v) is 4.09. The predicted molar refractivity (Wildman–Crippen MR) is 66.5 cm³/mol. The van der Waals surface area contributed by atoms with Gasteiger partial charge < -0.3 is 15.4 Å². The molecule has 98 valence electrons. The number of morpholine rings is 1. The Labute approximate surface area is 103 Å². The van der Waals surface area contributed by atoms with E-state index in [9.17, 15) is 4.79 Å². The van der Waals surface area contributed by atoms with Crippen LogP contribution in [0.25, 0.3) is 0 Å². The summed E-state index contributed by atoms with van der Waals surface area (Å²) in [6.45, 7) is 7.31. The molecule has 1 heterocycles. The molecule has 4 nitrogen and oxygen atoms in total. The Balaban J connectivity index is 2.09. The summed E-state index contributed by atoms with van der Waals surface area (Å²) in [5.74, 6) is 0.493. The highest BCUT2D eigenvalue weighted by Crippen LogP contribution is 2.39. The molecular weight excluding hydrogens is 216 g/mol. The average molecular weight is 240 g/mol. The van der Waals surface area contributed by atoms with Gasteiger partial charge in [-0.1, -0.05) is 6.92 Å².